The fraction of sp³-hybridized carbons (Fsp3) is 0.375. The molecule has 1 unspecified atom stereocenters. The Hall–Kier alpha value is -3.15. The van der Waals surface area contributed by atoms with E-state index in [-0.39, 0.29) is 30.1 Å². The summed E-state index contributed by atoms with van der Waals surface area (Å²) in [5.74, 6) is 0.101. The van der Waals surface area contributed by atoms with E-state index in [4.69, 9.17) is 0 Å². The average Bonchev–Trinajstić information content (AvgIpc) is 3.20. The Labute approximate surface area is 176 Å². The number of hydrogen-bond acceptors (Lipinski definition) is 3. The van der Waals surface area contributed by atoms with Gasteiger partial charge in [0, 0.05) is 36.8 Å². The molecule has 4 rings (SSSR count). The van der Waals surface area contributed by atoms with Gasteiger partial charge >= 0.3 is 6.03 Å². The first-order valence-corrected chi connectivity index (χ1v) is 10.6. The fourth-order valence-electron chi connectivity index (χ4n) is 4.61. The van der Waals surface area contributed by atoms with Gasteiger partial charge in [-0.1, -0.05) is 30.3 Å². The van der Waals surface area contributed by atoms with Crippen molar-refractivity contribution in [2.75, 3.05) is 0 Å². The van der Waals surface area contributed by atoms with Gasteiger partial charge in [-0.05, 0) is 56.4 Å². The number of rotatable bonds is 4. The van der Waals surface area contributed by atoms with Crippen molar-refractivity contribution in [1.82, 2.24) is 19.8 Å². The summed E-state index contributed by atoms with van der Waals surface area (Å²) in [5, 5.41) is 4.09. The van der Waals surface area contributed by atoms with Crippen molar-refractivity contribution < 1.29 is 9.59 Å². The molecule has 2 amide bonds. The lowest BCUT2D eigenvalue weighted by Crippen LogP contribution is -2.47. The maximum Gasteiger partial charge on any atom is 0.327 e. The molecule has 2 heterocycles. The van der Waals surface area contributed by atoms with Crippen LogP contribution >= 0.6 is 0 Å². The Kier molecular flexibility index (Phi) is 5.84. The highest BCUT2D eigenvalue weighted by atomic mass is 16.2. The molecule has 0 spiro atoms. The van der Waals surface area contributed by atoms with Crippen LogP contribution in [0, 0.1) is 0 Å². The molecule has 0 saturated heterocycles. The first-order valence-electron chi connectivity index (χ1n) is 10.6. The van der Waals surface area contributed by atoms with Gasteiger partial charge in [-0.15, -0.1) is 0 Å². The molecule has 3 aromatic rings. The van der Waals surface area contributed by atoms with E-state index in [2.05, 4.69) is 29.4 Å². The summed E-state index contributed by atoms with van der Waals surface area (Å²) in [6.07, 6.45) is 6.93. The lowest BCUT2D eigenvalue weighted by molar-refractivity contribution is -0.134. The summed E-state index contributed by atoms with van der Waals surface area (Å²) in [7, 11) is 0. The van der Waals surface area contributed by atoms with Gasteiger partial charge in [-0.3, -0.25) is 9.36 Å². The standard InChI is InChI=1S/C24H28N4O2/c1-17(19-7-4-3-5-8-19)28(18(2)29)22-12-10-21(11-13-22)26-24(30)27-16-14-20-9-6-15-25-23(20)27/h3-9,14-17,21-22H,10-13H2,1-2H3,(H,26,30). The van der Waals surface area contributed by atoms with Crippen LogP contribution in [0.25, 0.3) is 11.0 Å². The predicted octanol–water partition coefficient (Wildman–Crippen LogP) is 4.51. The van der Waals surface area contributed by atoms with Gasteiger partial charge < -0.3 is 10.2 Å². The smallest absolute Gasteiger partial charge is 0.327 e. The monoisotopic (exact) mass is 404 g/mol. The van der Waals surface area contributed by atoms with Gasteiger partial charge in [-0.2, -0.15) is 0 Å². The van der Waals surface area contributed by atoms with Gasteiger partial charge in [0.25, 0.3) is 0 Å². The number of pyridine rings is 1. The minimum Gasteiger partial charge on any atom is -0.335 e. The highest BCUT2D eigenvalue weighted by Gasteiger charge is 2.31. The van der Waals surface area contributed by atoms with Crippen LogP contribution in [0.1, 0.15) is 51.1 Å². The van der Waals surface area contributed by atoms with E-state index in [9.17, 15) is 9.59 Å². The number of nitrogens with one attached hydrogen (secondary N) is 1. The van der Waals surface area contributed by atoms with E-state index in [1.54, 1.807) is 23.9 Å². The largest absolute Gasteiger partial charge is 0.335 e. The molecule has 1 atom stereocenters. The van der Waals surface area contributed by atoms with Crippen LogP contribution in [0.3, 0.4) is 0 Å². The summed E-state index contributed by atoms with van der Waals surface area (Å²) in [6.45, 7) is 3.74. The normalized spacial score (nSPS) is 19.9. The quantitative estimate of drug-likeness (QED) is 0.695. The molecular formula is C24H28N4O2. The lowest BCUT2D eigenvalue weighted by Gasteiger charge is -2.40. The number of nitrogens with zero attached hydrogens (tertiary/aromatic N) is 3. The molecule has 2 aromatic heterocycles. The molecular weight excluding hydrogens is 376 g/mol. The lowest BCUT2D eigenvalue weighted by atomic mass is 9.88. The maximum absolute atomic E-state index is 12.8. The van der Waals surface area contributed by atoms with E-state index < -0.39 is 0 Å². The number of amides is 2. The zero-order valence-corrected chi connectivity index (χ0v) is 17.5. The molecule has 1 aromatic carbocycles. The van der Waals surface area contributed by atoms with Gasteiger partial charge in [0.2, 0.25) is 5.91 Å². The van der Waals surface area contributed by atoms with Gasteiger partial charge in [0.05, 0.1) is 6.04 Å². The third kappa shape index (κ3) is 4.08. The second-order valence-corrected chi connectivity index (χ2v) is 8.07. The summed E-state index contributed by atoms with van der Waals surface area (Å²) in [6, 6.07) is 16.1. The van der Waals surface area contributed by atoms with Crippen molar-refractivity contribution in [3.8, 4) is 0 Å². The zero-order chi connectivity index (χ0) is 21.1. The Morgan fingerprint density at radius 1 is 1.07 bits per heavy atom. The minimum absolute atomic E-state index is 0.0390. The van der Waals surface area contributed by atoms with E-state index in [0.717, 1.165) is 36.6 Å². The van der Waals surface area contributed by atoms with Crippen LogP contribution < -0.4 is 5.32 Å². The van der Waals surface area contributed by atoms with E-state index in [1.165, 1.54) is 0 Å². The molecule has 0 radical (unpaired) electrons. The summed E-state index contributed by atoms with van der Waals surface area (Å²) in [5.41, 5.74) is 1.82. The van der Waals surface area contributed by atoms with Crippen LogP contribution in [0.2, 0.25) is 0 Å². The number of carbonyl (C=O) groups excluding carboxylic acids is 2. The van der Waals surface area contributed by atoms with E-state index in [1.807, 2.05) is 41.3 Å². The average molecular weight is 405 g/mol. The number of fused-ring (bicyclic) bond motifs is 1. The topological polar surface area (TPSA) is 67.2 Å². The molecule has 30 heavy (non-hydrogen) atoms. The Balaban J connectivity index is 1.39. The van der Waals surface area contributed by atoms with Crippen LogP contribution in [-0.4, -0.2) is 38.5 Å². The maximum atomic E-state index is 12.8. The zero-order valence-electron chi connectivity index (χ0n) is 17.5. The minimum atomic E-state index is -0.145. The van der Waals surface area contributed by atoms with Crippen molar-refractivity contribution in [2.45, 2.75) is 57.7 Å². The van der Waals surface area contributed by atoms with E-state index in [0.29, 0.717) is 5.65 Å². The van der Waals surface area contributed by atoms with Gasteiger partial charge in [0.15, 0.2) is 0 Å². The third-order valence-electron chi connectivity index (χ3n) is 6.15. The summed E-state index contributed by atoms with van der Waals surface area (Å²) < 4.78 is 1.57. The number of aromatic nitrogens is 2. The first kappa shape index (κ1) is 20.1. The highest BCUT2D eigenvalue weighted by molar-refractivity contribution is 5.89. The Morgan fingerprint density at radius 3 is 2.50 bits per heavy atom. The fourth-order valence-corrected chi connectivity index (χ4v) is 4.61. The molecule has 156 valence electrons. The van der Waals surface area contributed by atoms with Crippen LogP contribution in [-0.2, 0) is 4.79 Å². The van der Waals surface area contributed by atoms with E-state index >= 15 is 0 Å². The predicted molar refractivity (Wildman–Crippen MR) is 117 cm³/mol. The van der Waals surface area contributed by atoms with Gasteiger partial charge in [-0.25, -0.2) is 9.78 Å². The third-order valence-corrected chi connectivity index (χ3v) is 6.15. The van der Waals surface area contributed by atoms with Crippen LogP contribution in [0.5, 0.6) is 0 Å². The Bertz CT molecular complexity index is 1020. The molecule has 1 N–H and O–H groups in total. The summed E-state index contributed by atoms with van der Waals surface area (Å²) >= 11 is 0. The molecule has 6 heteroatoms. The number of benzene rings is 1. The van der Waals surface area contributed by atoms with Crippen molar-refractivity contribution in [3.63, 3.8) is 0 Å². The number of carbonyl (C=O) groups is 2. The first-order chi connectivity index (χ1) is 14.5. The molecule has 1 saturated carbocycles. The molecule has 1 aliphatic carbocycles. The van der Waals surface area contributed by atoms with Crippen molar-refractivity contribution in [2.24, 2.45) is 0 Å². The van der Waals surface area contributed by atoms with Crippen LogP contribution in [0.4, 0.5) is 4.79 Å². The number of hydrogen-bond donors (Lipinski definition) is 1. The Morgan fingerprint density at radius 2 is 1.80 bits per heavy atom. The SMILES string of the molecule is CC(=O)N(C1CCC(NC(=O)n2ccc3cccnc32)CC1)C(C)c1ccccc1. The molecule has 6 nitrogen and oxygen atoms in total. The molecule has 0 bridgehead atoms. The second-order valence-electron chi connectivity index (χ2n) is 8.07. The molecule has 1 fully saturated rings. The van der Waals surface area contributed by atoms with Crippen molar-refractivity contribution >= 4 is 23.0 Å². The van der Waals surface area contributed by atoms with Crippen molar-refractivity contribution in [3.05, 3.63) is 66.5 Å². The molecule has 1 aliphatic rings. The summed E-state index contributed by atoms with van der Waals surface area (Å²) in [4.78, 5) is 31.5. The van der Waals surface area contributed by atoms with Crippen molar-refractivity contribution in [1.29, 1.82) is 0 Å². The second kappa shape index (κ2) is 8.69. The molecule has 0 aliphatic heterocycles. The van der Waals surface area contributed by atoms with Gasteiger partial charge in [0.1, 0.15) is 5.65 Å². The van der Waals surface area contributed by atoms with Crippen LogP contribution in [0.15, 0.2) is 60.9 Å². The highest BCUT2D eigenvalue weighted by Crippen LogP contribution is 2.30.